The number of hydrogen-bond acceptors (Lipinski definition) is 3. The van der Waals surface area contributed by atoms with Crippen molar-refractivity contribution in [3.63, 3.8) is 0 Å². The quantitative estimate of drug-likeness (QED) is 0.815. The van der Waals surface area contributed by atoms with Crippen molar-refractivity contribution in [2.24, 2.45) is 0 Å². The Labute approximate surface area is 153 Å². The molecule has 2 N–H and O–H groups in total. The second-order valence-electron chi connectivity index (χ2n) is 7.35. The highest BCUT2D eigenvalue weighted by atomic mass is 16.3. The van der Waals surface area contributed by atoms with Gasteiger partial charge in [-0.05, 0) is 30.7 Å². The summed E-state index contributed by atoms with van der Waals surface area (Å²) in [4.78, 5) is 28.6. The van der Waals surface area contributed by atoms with Crippen LogP contribution in [-0.2, 0) is 9.59 Å². The van der Waals surface area contributed by atoms with Crippen LogP contribution in [0.5, 0.6) is 0 Å². The van der Waals surface area contributed by atoms with E-state index >= 15 is 0 Å². The van der Waals surface area contributed by atoms with E-state index in [9.17, 15) is 14.7 Å². The largest absolute Gasteiger partial charge is 0.396 e. The maximum Gasteiger partial charge on any atom is 0.292 e. The van der Waals surface area contributed by atoms with Gasteiger partial charge in [0.2, 0.25) is 5.91 Å². The molecule has 5 heteroatoms. The Hall–Kier alpha value is -2.24. The summed E-state index contributed by atoms with van der Waals surface area (Å²) in [6.07, 6.45) is 4.18. The minimum absolute atomic E-state index is 0.0915. The predicted molar refractivity (Wildman–Crippen MR) is 100 cm³/mol. The zero-order chi connectivity index (χ0) is 18.1. The second-order valence-corrected chi connectivity index (χ2v) is 7.35. The van der Waals surface area contributed by atoms with Crippen molar-refractivity contribution < 1.29 is 19.6 Å². The van der Waals surface area contributed by atoms with Gasteiger partial charge < -0.3 is 10.0 Å². The van der Waals surface area contributed by atoms with Crippen LogP contribution >= 0.6 is 0 Å². The lowest BCUT2D eigenvalue weighted by Crippen LogP contribution is -3.20. The smallest absolute Gasteiger partial charge is 0.292 e. The fourth-order valence-corrected chi connectivity index (χ4v) is 4.63. The first-order valence-corrected chi connectivity index (χ1v) is 9.51. The van der Waals surface area contributed by atoms with Crippen molar-refractivity contribution in [3.05, 3.63) is 42.5 Å². The number of likely N-dealkylation sites (tertiary alicyclic amines) is 1. The van der Waals surface area contributed by atoms with Crippen LogP contribution in [0.15, 0.2) is 42.5 Å². The molecule has 2 aromatic rings. The van der Waals surface area contributed by atoms with E-state index in [0.717, 1.165) is 36.6 Å². The summed E-state index contributed by atoms with van der Waals surface area (Å²) < 4.78 is 0. The Bertz CT molecular complexity index is 828. The number of hydrogen-bond donors (Lipinski definition) is 2. The minimum Gasteiger partial charge on any atom is -0.396 e. The molecule has 4 rings (SSSR count). The molecule has 0 radical (unpaired) electrons. The fraction of sp³-hybridized carbons (Fsp3) is 0.429. The lowest BCUT2D eigenvalue weighted by molar-refractivity contribution is -0.945. The van der Waals surface area contributed by atoms with Gasteiger partial charge in [-0.15, -0.1) is 0 Å². The molecular formula is C21H25N2O3+. The highest BCUT2D eigenvalue weighted by Gasteiger charge is 2.48. The van der Waals surface area contributed by atoms with E-state index in [4.69, 9.17) is 0 Å². The van der Waals surface area contributed by atoms with Crippen LogP contribution in [0, 0.1) is 0 Å². The van der Waals surface area contributed by atoms with Crippen molar-refractivity contribution in [3.8, 4) is 0 Å². The summed E-state index contributed by atoms with van der Waals surface area (Å²) in [5, 5.41) is 11.3. The van der Waals surface area contributed by atoms with Gasteiger partial charge in [-0.3, -0.25) is 9.59 Å². The average molecular weight is 353 g/mol. The van der Waals surface area contributed by atoms with E-state index in [1.165, 1.54) is 9.80 Å². The number of aliphatic hydroxyl groups excluding tert-OH is 1. The first kappa shape index (κ1) is 17.2. The Morgan fingerprint density at radius 2 is 1.88 bits per heavy atom. The van der Waals surface area contributed by atoms with Crippen LogP contribution < -0.4 is 9.80 Å². The average Bonchev–Trinajstić information content (AvgIpc) is 2.96. The zero-order valence-corrected chi connectivity index (χ0v) is 14.9. The van der Waals surface area contributed by atoms with E-state index in [0.29, 0.717) is 12.1 Å². The highest BCUT2D eigenvalue weighted by molar-refractivity contribution is 6.24. The maximum atomic E-state index is 13.2. The third-order valence-corrected chi connectivity index (χ3v) is 5.87. The third-order valence-electron chi connectivity index (χ3n) is 5.87. The number of anilines is 1. The van der Waals surface area contributed by atoms with Crippen molar-refractivity contribution in [2.45, 2.75) is 44.2 Å². The Balaban J connectivity index is 1.67. The van der Waals surface area contributed by atoms with Crippen LogP contribution in [-0.4, -0.2) is 42.2 Å². The summed E-state index contributed by atoms with van der Waals surface area (Å²) in [7, 11) is 0. The number of quaternary nitrogens is 1. The van der Waals surface area contributed by atoms with Crippen LogP contribution in [0.1, 0.15) is 32.1 Å². The summed E-state index contributed by atoms with van der Waals surface area (Å²) in [5.41, 5.74) is 0.690. The Morgan fingerprint density at radius 1 is 1.08 bits per heavy atom. The lowest BCUT2D eigenvalue weighted by Gasteiger charge is -2.35. The molecule has 136 valence electrons. The number of nitrogens with one attached hydrogen (secondary N) is 1. The molecule has 1 unspecified atom stereocenters. The normalized spacial score (nSPS) is 26.7. The van der Waals surface area contributed by atoms with Gasteiger partial charge in [0.05, 0.1) is 24.7 Å². The highest BCUT2D eigenvalue weighted by Crippen LogP contribution is 2.30. The van der Waals surface area contributed by atoms with E-state index in [-0.39, 0.29) is 36.9 Å². The number of fused-ring (bicyclic) bond motifs is 1. The molecule has 2 aliphatic heterocycles. The van der Waals surface area contributed by atoms with Crippen molar-refractivity contribution >= 4 is 28.3 Å². The first-order valence-electron chi connectivity index (χ1n) is 9.51. The standard InChI is InChI=1S/C21H24N2O3/c24-13-11-16-8-3-4-12-22(16)19-14-20(25)23(21(19)26)18-10-5-7-15-6-1-2-9-17(15)18/h1-2,5-7,9-10,16,19,24H,3-4,8,11-14H2/p+1/t16-,19+/m1/s1. The summed E-state index contributed by atoms with van der Waals surface area (Å²) in [6, 6.07) is 13.5. The van der Waals surface area contributed by atoms with Gasteiger partial charge in [0.15, 0.2) is 6.04 Å². The SMILES string of the molecule is O=C1C[C@H]([NH+]2CCCC[C@@H]2CCO)C(=O)N1c1cccc2ccccc12. The van der Waals surface area contributed by atoms with Gasteiger partial charge in [0.1, 0.15) is 0 Å². The molecule has 2 heterocycles. The van der Waals surface area contributed by atoms with E-state index < -0.39 is 0 Å². The Kier molecular flexibility index (Phi) is 4.74. The molecule has 2 aliphatic rings. The molecule has 3 atom stereocenters. The fourth-order valence-electron chi connectivity index (χ4n) is 4.63. The number of piperidine rings is 1. The first-order chi connectivity index (χ1) is 12.7. The van der Waals surface area contributed by atoms with Crippen molar-refractivity contribution in [1.82, 2.24) is 0 Å². The summed E-state index contributed by atoms with van der Waals surface area (Å²) >= 11 is 0. The van der Waals surface area contributed by atoms with Crippen molar-refractivity contribution in [1.29, 1.82) is 0 Å². The van der Waals surface area contributed by atoms with Gasteiger partial charge >= 0.3 is 0 Å². The number of rotatable bonds is 4. The van der Waals surface area contributed by atoms with Crippen LogP contribution in [0.4, 0.5) is 5.69 Å². The monoisotopic (exact) mass is 353 g/mol. The zero-order valence-electron chi connectivity index (χ0n) is 14.9. The number of amides is 2. The molecule has 5 nitrogen and oxygen atoms in total. The van der Waals surface area contributed by atoms with Gasteiger partial charge in [0.25, 0.3) is 5.91 Å². The molecule has 0 aromatic heterocycles. The van der Waals surface area contributed by atoms with Gasteiger partial charge in [-0.1, -0.05) is 36.4 Å². The third kappa shape index (κ3) is 2.91. The summed E-state index contributed by atoms with van der Waals surface area (Å²) in [5.74, 6) is -0.205. The Morgan fingerprint density at radius 3 is 2.73 bits per heavy atom. The molecule has 26 heavy (non-hydrogen) atoms. The number of aliphatic hydroxyl groups is 1. The van der Waals surface area contributed by atoms with E-state index in [1.807, 2.05) is 42.5 Å². The number of carbonyl (C=O) groups is 2. The molecule has 0 saturated carbocycles. The van der Waals surface area contributed by atoms with Crippen LogP contribution in [0.25, 0.3) is 10.8 Å². The molecule has 2 amide bonds. The van der Waals surface area contributed by atoms with E-state index in [1.54, 1.807) is 0 Å². The topological polar surface area (TPSA) is 62.1 Å². The number of imide groups is 1. The number of benzene rings is 2. The molecule has 2 aromatic carbocycles. The number of nitrogens with zero attached hydrogens (tertiary/aromatic N) is 1. The van der Waals surface area contributed by atoms with Gasteiger partial charge in [0, 0.05) is 18.4 Å². The molecule has 0 spiro atoms. The van der Waals surface area contributed by atoms with Crippen molar-refractivity contribution in [2.75, 3.05) is 18.1 Å². The lowest BCUT2D eigenvalue weighted by atomic mass is 9.97. The van der Waals surface area contributed by atoms with Gasteiger partial charge in [-0.25, -0.2) is 4.90 Å². The minimum atomic E-state index is -0.321. The maximum absolute atomic E-state index is 13.2. The van der Waals surface area contributed by atoms with Crippen LogP contribution in [0.3, 0.4) is 0 Å². The number of carbonyl (C=O) groups excluding carboxylic acids is 2. The predicted octanol–water partition coefficient (Wildman–Crippen LogP) is 1.29. The molecule has 0 bridgehead atoms. The second kappa shape index (κ2) is 7.17. The molecule has 2 saturated heterocycles. The van der Waals surface area contributed by atoms with E-state index in [2.05, 4.69) is 0 Å². The molecular weight excluding hydrogens is 328 g/mol. The molecule has 0 aliphatic carbocycles. The molecule has 2 fully saturated rings. The summed E-state index contributed by atoms with van der Waals surface area (Å²) in [6.45, 7) is 1.04. The van der Waals surface area contributed by atoms with Gasteiger partial charge in [-0.2, -0.15) is 0 Å². The van der Waals surface area contributed by atoms with Crippen LogP contribution in [0.2, 0.25) is 0 Å².